The first-order chi connectivity index (χ1) is 6.61. The van der Waals surface area contributed by atoms with Crippen molar-refractivity contribution in [3.8, 4) is 0 Å². The third kappa shape index (κ3) is 2.81. The van der Waals surface area contributed by atoms with Crippen LogP contribution in [0.2, 0.25) is 0 Å². The molecule has 1 heterocycles. The summed E-state index contributed by atoms with van der Waals surface area (Å²) >= 11 is 4.69. The fourth-order valence-electron chi connectivity index (χ4n) is 0.790. The Bertz CT molecular complexity index is 323. The average Bonchev–Trinajstić information content (AvgIpc) is 2.65. The Morgan fingerprint density at radius 1 is 1.86 bits per heavy atom. The van der Waals surface area contributed by atoms with Gasteiger partial charge >= 0.3 is 0 Å². The molecular formula is C8H11N3O2S. The molecule has 0 bridgehead atoms. The van der Waals surface area contributed by atoms with Crippen LogP contribution in [-0.2, 0) is 11.3 Å². The number of nitrogens with one attached hydrogen (secondary N) is 1. The molecule has 3 N–H and O–H groups in total. The Balaban J connectivity index is 2.39. The van der Waals surface area contributed by atoms with Crippen LogP contribution in [0.15, 0.2) is 16.8 Å². The van der Waals surface area contributed by atoms with Crippen LogP contribution in [-0.4, -0.2) is 16.1 Å². The van der Waals surface area contributed by atoms with Gasteiger partial charge in [-0.3, -0.25) is 4.79 Å². The predicted molar refractivity (Wildman–Crippen MR) is 54.3 cm³/mol. The molecule has 1 aromatic heterocycles. The van der Waals surface area contributed by atoms with E-state index in [1.165, 1.54) is 6.20 Å². The zero-order valence-corrected chi connectivity index (χ0v) is 8.50. The van der Waals surface area contributed by atoms with Gasteiger partial charge in [0.1, 0.15) is 0 Å². The summed E-state index contributed by atoms with van der Waals surface area (Å²) in [4.78, 5) is 11.5. The summed E-state index contributed by atoms with van der Waals surface area (Å²) in [5, 5.41) is 6.13. The Morgan fingerprint density at radius 3 is 3.07 bits per heavy atom. The van der Waals surface area contributed by atoms with Crippen LogP contribution >= 0.6 is 12.2 Å². The van der Waals surface area contributed by atoms with Crippen molar-refractivity contribution in [2.24, 2.45) is 11.7 Å². The number of thiocarbonyl (C=S) groups is 1. The van der Waals surface area contributed by atoms with Crippen LogP contribution in [0.3, 0.4) is 0 Å². The van der Waals surface area contributed by atoms with Crippen LogP contribution in [0.1, 0.15) is 12.7 Å². The number of aromatic nitrogens is 1. The van der Waals surface area contributed by atoms with Gasteiger partial charge in [0.25, 0.3) is 0 Å². The molecule has 0 aromatic carbocycles. The van der Waals surface area contributed by atoms with Gasteiger partial charge in [-0.05, 0) is 6.92 Å². The molecule has 1 aromatic rings. The largest absolute Gasteiger partial charge is 0.393 e. The van der Waals surface area contributed by atoms with Gasteiger partial charge in [-0.2, -0.15) is 0 Å². The van der Waals surface area contributed by atoms with Crippen LogP contribution in [0, 0.1) is 5.92 Å². The van der Waals surface area contributed by atoms with E-state index in [-0.39, 0.29) is 10.9 Å². The molecule has 1 unspecified atom stereocenters. The van der Waals surface area contributed by atoms with Crippen molar-refractivity contribution in [3.63, 3.8) is 0 Å². The van der Waals surface area contributed by atoms with E-state index in [1.807, 2.05) is 0 Å². The van der Waals surface area contributed by atoms with Gasteiger partial charge in [0.05, 0.1) is 23.6 Å². The van der Waals surface area contributed by atoms with E-state index in [0.29, 0.717) is 12.3 Å². The second-order valence-electron chi connectivity index (χ2n) is 2.82. The van der Waals surface area contributed by atoms with Crippen LogP contribution in [0.5, 0.6) is 0 Å². The van der Waals surface area contributed by atoms with Crippen molar-refractivity contribution >= 4 is 23.1 Å². The molecule has 0 aliphatic rings. The zero-order valence-electron chi connectivity index (χ0n) is 7.69. The number of hydrogen-bond donors (Lipinski definition) is 2. The summed E-state index contributed by atoms with van der Waals surface area (Å²) < 4.78 is 4.80. The van der Waals surface area contributed by atoms with Gasteiger partial charge in [0, 0.05) is 6.07 Å². The highest BCUT2D eigenvalue weighted by molar-refractivity contribution is 7.80. The minimum absolute atomic E-state index is 0.181. The van der Waals surface area contributed by atoms with E-state index in [4.69, 9.17) is 10.3 Å². The van der Waals surface area contributed by atoms with Crippen LogP contribution < -0.4 is 11.1 Å². The van der Waals surface area contributed by atoms with Crippen molar-refractivity contribution in [3.05, 3.63) is 18.0 Å². The topological polar surface area (TPSA) is 81.2 Å². The lowest BCUT2D eigenvalue weighted by Crippen LogP contribution is -2.35. The van der Waals surface area contributed by atoms with Gasteiger partial charge in [-0.1, -0.05) is 17.4 Å². The summed E-state index contributed by atoms with van der Waals surface area (Å²) in [6.07, 6.45) is 1.51. The Kier molecular flexibility index (Phi) is 3.58. The third-order valence-electron chi connectivity index (χ3n) is 1.75. The maximum Gasteiger partial charge on any atom is 0.230 e. The SMILES string of the molecule is CC(C(=O)NCc1ccno1)C(N)=S. The first-order valence-electron chi connectivity index (χ1n) is 4.08. The van der Waals surface area contributed by atoms with Crippen molar-refractivity contribution in [1.82, 2.24) is 10.5 Å². The lowest BCUT2D eigenvalue weighted by Gasteiger charge is -2.08. The van der Waals surface area contributed by atoms with E-state index in [9.17, 15) is 4.79 Å². The van der Waals surface area contributed by atoms with E-state index < -0.39 is 5.92 Å². The van der Waals surface area contributed by atoms with Crippen molar-refractivity contribution < 1.29 is 9.32 Å². The lowest BCUT2D eigenvalue weighted by molar-refractivity contribution is -0.122. The molecule has 0 aliphatic heterocycles. The molecule has 0 fully saturated rings. The molecule has 1 rings (SSSR count). The number of carbonyl (C=O) groups excluding carboxylic acids is 1. The zero-order chi connectivity index (χ0) is 10.6. The second-order valence-corrected chi connectivity index (χ2v) is 3.29. The predicted octanol–water partition coefficient (Wildman–Crippen LogP) is 0.213. The summed E-state index contributed by atoms with van der Waals surface area (Å²) in [5.74, 6) is -0.0877. The Morgan fingerprint density at radius 2 is 2.57 bits per heavy atom. The second kappa shape index (κ2) is 4.71. The van der Waals surface area contributed by atoms with E-state index in [1.54, 1.807) is 13.0 Å². The van der Waals surface area contributed by atoms with Crippen LogP contribution in [0.25, 0.3) is 0 Å². The monoisotopic (exact) mass is 213 g/mol. The molecule has 5 nitrogen and oxygen atoms in total. The molecule has 6 heteroatoms. The molecule has 76 valence electrons. The molecule has 1 atom stereocenters. The summed E-state index contributed by atoms with van der Waals surface area (Å²) in [6.45, 7) is 1.95. The smallest absolute Gasteiger partial charge is 0.230 e. The maximum atomic E-state index is 11.3. The standard InChI is InChI=1S/C8H11N3O2S/c1-5(7(9)14)8(12)10-4-6-2-3-11-13-6/h2-3,5H,4H2,1H3,(H2,9,14)(H,10,12). The van der Waals surface area contributed by atoms with Crippen molar-refractivity contribution in [2.75, 3.05) is 0 Å². The molecule has 1 amide bonds. The first-order valence-corrected chi connectivity index (χ1v) is 4.48. The van der Waals surface area contributed by atoms with Crippen molar-refractivity contribution in [1.29, 1.82) is 0 Å². The first kappa shape index (κ1) is 10.6. The van der Waals surface area contributed by atoms with Gasteiger partial charge < -0.3 is 15.6 Å². The van der Waals surface area contributed by atoms with Crippen LogP contribution in [0.4, 0.5) is 0 Å². The Labute approximate surface area is 86.6 Å². The summed E-state index contributed by atoms with van der Waals surface area (Å²) in [7, 11) is 0. The number of nitrogens with zero attached hydrogens (tertiary/aromatic N) is 1. The number of carbonyl (C=O) groups is 1. The minimum atomic E-state index is -0.465. The quantitative estimate of drug-likeness (QED) is 0.699. The fraction of sp³-hybridized carbons (Fsp3) is 0.375. The highest BCUT2D eigenvalue weighted by Crippen LogP contribution is 1.98. The van der Waals surface area contributed by atoms with Gasteiger partial charge in [-0.15, -0.1) is 0 Å². The third-order valence-corrected chi connectivity index (χ3v) is 2.10. The molecule has 0 radical (unpaired) electrons. The fourth-order valence-corrected chi connectivity index (χ4v) is 0.897. The normalized spacial score (nSPS) is 12.1. The number of amides is 1. The molecule has 0 aliphatic carbocycles. The summed E-state index contributed by atoms with van der Waals surface area (Å²) in [6, 6.07) is 1.67. The highest BCUT2D eigenvalue weighted by Gasteiger charge is 2.15. The van der Waals surface area contributed by atoms with Gasteiger partial charge in [0.15, 0.2) is 5.76 Å². The van der Waals surface area contributed by atoms with E-state index in [2.05, 4.69) is 22.7 Å². The molecule has 14 heavy (non-hydrogen) atoms. The molecule has 0 saturated heterocycles. The number of rotatable bonds is 4. The molecular weight excluding hydrogens is 202 g/mol. The molecule has 0 saturated carbocycles. The van der Waals surface area contributed by atoms with Gasteiger partial charge in [0.2, 0.25) is 5.91 Å². The molecule has 0 spiro atoms. The number of nitrogens with two attached hydrogens (primary N) is 1. The van der Waals surface area contributed by atoms with E-state index >= 15 is 0 Å². The average molecular weight is 213 g/mol. The van der Waals surface area contributed by atoms with E-state index in [0.717, 1.165) is 0 Å². The number of hydrogen-bond acceptors (Lipinski definition) is 4. The summed E-state index contributed by atoms with van der Waals surface area (Å²) in [5.41, 5.74) is 5.32. The highest BCUT2D eigenvalue weighted by atomic mass is 32.1. The van der Waals surface area contributed by atoms with Gasteiger partial charge in [-0.25, -0.2) is 0 Å². The Hall–Kier alpha value is -1.43. The maximum absolute atomic E-state index is 11.3. The minimum Gasteiger partial charge on any atom is -0.393 e. The van der Waals surface area contributed by atoms with Crippen molar-refractivity contribution in [2.45, 2.75) is 13.5 Å². The lowest BCUT2D eigenvalue weighted by atomic mass is 10.1.